The van der Waals surface area contributed by atoms with Crippen LogP contribution >= 0.6 is 12.2 Å². The summed E-state index contributed by atoms with van der Waals surface area (Å²) in [5.74, 6) is 0.874. The van der Waals surface area contributed by atoms with Gasteiger partial charge in [0.15, 0.2) is 0 Å². The lowest BCUT2D eigenvalue weighted by atomic mass is 9.91. The molecule has 0 aromatic heterocycles. The predicted molar refractivity (Wildman–Crippen MR) is 70.0 cm³/mol. The highest BCUT2D eigenvalue weighted by molar-refractivity contribution is 7.80. The number of rotatable bonds is 4. The molecule has 1 rings (SSSR count). The maximum atomic E-state index is 5.65. The molecule has 0 aromatic carbocycles. The van der Waals surface area contributed by atoms with E-state index in [0.717, 1.165) is 18.8 Å². The Balaban J connectivity index is 2.55. The predicted octanol–water partition coefficient (Wildman–Crippen LogP) is 2.56. The van der Waals surface area contributed by atoms with Crippen LogP contribution in [0.15, 0.2) is 0 Å². The molecular formula is C12H24N2S. The summed E-state index contributed by atoms with van der Waals surface area (Å²) >= 11 is 5.02. The Morgan fingerprint density at radius 1 is 1.53 bits per heavy atom. The van der Waals surface area contributed by atoms with Gasteiger partial charge < -0.3 is 5.73 Å². The first-order valence-electron chi connectivity index (χ1n) is 6.08. The van der Waals surface area contributed by atoms with E-state index >= 15 is 0 Å². The molecule has 0 saturated carbocycles. The van der Waals surface area contributed by atoms with Gasteiger partial charge in [0, 0.05) is 18.5 Å². The Bertz CT molecular complexity index is 218. The number of thiocarbonyl (C=S) groups is 1. The molecule has 3 unspecified atom stereocenters. The molecule has 0 radical (unpaired) electrons. The molecule has 88 valence electrons. The maximum Gasteiger partial charge on any atom is 0.0743 e. The third-order valence-corrected chi connectivity index (χ3v) is 3.73. The molecule has 3 atom stereocenters. The molecule has 0 spiro atoms. The Labute approximate surface area is 99.2 Å². The Morgan fingerprint density at radius 3 is 2.67 bits per heavy atom. The molecule has 0 aliphatic carbocycles. The Kier molecular flexibility index (Phi) is 5.00. The van der Waals surface area contributed by atoms with Crippen LogP contribution in [0.3, 0.4) is 0 Å². The van der Waals surface area contributed by atoms with E-state index in [9.17, 15) is 0 Å². The van der Waals surface area contributed by atoms with E-state index in [2.05, 4.69) is 25.7 Å². The van der Waals surface area contributed by atoms with Crippen molar-refractivity contribution in [3.63, 3.8) is 0 Å². The van der Waals surface area contributed by atoms with E-state index in [4.69, 9.17) is 18.0 Å². The van der Waals surface area contributed by atoms with Crippen LogP contribution in [0.25, 0.3) is 0 Å². The molecule has 1 fully saturated rings. The highest BCUT2D eigenvalue weighted by atomic mass is 32.1. The third-order valence-electron chi connectivity index (χ3n) is 3.57. The van der Waals surface area contributed by atoms with Crippen molar-refractivity contribution in [2.24, 2.45) is 11.7 Å². The Morgan fingerprint density at radius 2 is 2.20 bits per heavy atom. The molecule has 2 nitrogen and oxygen atoms in total. The minimum Gasteiger partial charge on any atom is -0.393 e. The van der Waals surface area contributed by atoms with Crippen LogP contribution in [-0.4, -0.2) is 28.5 Å². The molecule has 15 heavy (non-hydrogen) atoms. The van der Waals surface area contributed by atoms with E-state index in [0.29, 0.717) is 17.1 Å². The van der Waals surface area contributed by atoms with Crippen LogP contribution in [0.2, 0.25) is 0 Å². The lowest BCUT2D eigenvalue weighted by Gasteiger charge is -2.41. The largest absolute Gasteiger partial charge is 0.393 e. The lowest BCUT2D eigenvalue weighted by Crippen LogP contribution is -2.47. The summed E-state index contributed by atoms with van der Waals surface area (Å²) in [6, 6.07) is 1.25. The second-order valence-corrected chi connectivity index (χ2v) is 5.47. The van der Waals surface area contributed by atoms with Crippen LogP contribution in [0.1, 0.15) is 46.5 Å². The summed E-state index contributed by atoms with van der Waals surface area (Å²) in [4.78, 5) is 3.26. The zero-order valence-electron chi connectivity index (χ0n) is 10.2. The zero-order valence-corrected chi connectivity index (χ0v) is 11.0. The van der Waals surface area contributed by atoms with E-state index in [1.165, 1.54) is 19.4 Å². The summed E-state index contributed by atoms with van der Waals surface area (Å²) < 4.78 is 0. The number of nitrogens with zero attached hydrogens (tertiary/aromatic N) is 1. The molecule has 1 aliphatic rings. The smallest absolute Gasteiger partial charge is 0.0743 e. The lowest BCUT2D eigenvalue weighted by molar-refractivity contribution is 0.0826. The normalized spacial score (nSPS) is 30.1. The molecule has 0 bridgehead atoms. The third kappa shape index (κ3) is 3.72. The summed E-state index contributed by atoms with van der Waals surface area (Å²) in [5.41, 5.74) is 5.65. The van der Waals surface area contributed by atoms with Gasteiger partial charge in [-0.05, 0) is 38.6 Å². The van der Waals surface area contributed by atoms with Gasteiger partial charge in [0.25, 0.3) is 0 Å². The van der Waals surface area contributed by atoms with Crippen LogP contribution in [-0.2, 0) is 0 Å². The van der Waals surface area contributed by atoms with Crippen LogP contribution in [0.5, 0.6) is 0 Å². The van der Waals surface area contributed by atoms with E-state index in [1.807, 2.05) is 0 Å². The monoisotopic (exact) mass is 228 g/mol. The van der Waals surface area contributed by atoms with Crippen molar-refractivity contribution >= 4 is 17.2 Å². The molecule has 1 saturated heterocycles. The van der Waals surface area contributed by atoms with Gasteiger partial charge >= 0.3 is 0 Å². The number of hydrogen-bond donors (Lipinski definition) is 1. The van der Waals surface area contributed by atoms with E-state index < -0.39 is 0 Å². The maximum absolute atomic E-state index is 5.65. The van der Waals surface area contributed by atoms with Crippen molar-refractivity contribution in [2.75, 3.05) is 6.54 Å². The summed E-state index contributed by atoms with van der Waals surface area (Å²) in [6.45, 7) is 8.12. The molecular weight excluding hydrogens is 204 g/mol. The average molecular weight is 228 g/mol. The van der Waals surface area contributed by atoms with Crippen molar-refractivity contribution in [3.8, 4) is 0 Å². The van der Waals surface area contributed by atoms with Crippen molar-refractivity contribution in [1.29, 1.82) is 0 Å². The minimum absolute atomic E-state index is 0.560. The fraction of sp³-hybridized carbons (Fsp3) is 0.917. The van der Waals surface area contributed by atoms with Crippen LogP contribution in [0, 0.1) is 5.92 Å². The summed E-state index contributed by atoms with van der Waals surface area (Å²) in [6.07, 6.45) is 4.66. The first kappa shape index (κ1) is 12.9. The van der Waals surface area contributed by atoms with Crippen molar-refractivity contribution in [1.82, 2.24) is 4.90 Å². The average Bonchev–Trinajstić information content (AvgIpc) is 2.14. The quantitative estimate of drug-likeness (QED) is 0.750. The van der Waals surface area contributed by atoms with Gasteiger partial charge in [-0.25, -0.2) is 0 Å². The van der Waals surface area contributed by atoms with Gasteiger partial charge in [0.2, 0.25) is 0 Å². The zero-order chi connectivity index (χ0) is 11.4. The van der Waals surface area contributed by atoms with E-state index in [-0.39, 0.29) is 0 Å². The van der Waals surface area contributed by atoms with Crippen molar-refractivity contribution < 1.29 is 0 Å². The molecule has 0 amide bonds. The van der Waals surface area contributed by atoms with E-state index in [1.54, 1.807) is 0 Å². The highest BCUT2D eigenvalue weighted by Crippen LogP contribution is 2.26. The van der Waals surface area contributed by atoms with Crippen molar-refractivity contribution in [2.45, 2.75) is 58.5 Å². The van der Waals surface area contributed by atoms with Gasteiger partial charge in [-0.15, -0.1) is 0 Å². The fourth-order valence-electron chi connectivity index (χ4n) is 2.70. The fourth-order valence-corrected chi connectivity index (χ4v) is 2.89. The number of nitrogens with two attached hydrogens (primary N) is 1. The first-order valence-corrected chi connectivity index (χ1v) is 6.49. The van der Waals surface area contributed by atoms with Gasteiger partial charge in [-0.3, -0.25) is 4.90 Å². The summed E-state index contributed by atoms with van der Waals surface area (Å²) in [7, 11) is 0. The number of likely N-dealkylation sites (tertiary alicyclic amines) is 1. The SMILES string of the molecule is CCC(CC(N)=S)N1CCC(C)CC1C. The summed E-state index contributed by atoms with van der Waals surface area (Å²) in [5, 5.41) is 0. The Hall–Kier alpha value is -0.150. The van der Waals surface area contributed by atoms with Crippen molar-refractivity contribution in [3.05, 3.63) is 0 Å². The minimum atomic E-state index is 0.560. The molecule has 1 heterocycles. The standard InChI is InChI=1S/C12H24N2S/c1-4-11(8-12(13)15)14-6-5-9(2)7-10(14)3/h9-11H,4-8H2,1-3H3,(H2,13,15). The van der Waals surface area contributed by atoms with Gasteiger partial charge in [-0.2, -0.15) is 0 Å². The topological polar surface area (TPSA) is 29.3 Å². The molecule has 0 aromatic rings. The van der Waals surface area contributed by atoms with Gasteiger partial charge in [-0.1, -0.05) is 26.1 Å². The molecule has 2 N–H and O–H groups in total. The molecule has 1 aliphatic heterocycles. The van der Waals surface area contributed by atoms with Crippen LogP contribution < -0.4 is 5.73 Å². The number of piperidine rings is 1. The number of hydrogen-bond acceptors (Lipinski definition) is 2. The highest BCUT2D eigenvalue weighted by Gasteiger charge is 2.27. The van der Waals surface area contributed by atoms with Crippen LogP contribution in [0.4, 0.5) is 0 Å². The second kappa shape index (κ2) is 5.80. The second-order valence-electron chi connectivity index (χ2n) is 4.95. The van der Waals surface area contributed by atoms with Gasteiger partial charge in [0.05, 0.1) is 4.99 Å². The van der Waals surface area contributed by atoms with Gasteiger partial charge in [0.1, 0.15) is 0 Å². The first-order chi connectivity index (χ1) is 7.04. The molecule has 3 heteroatoms.